The Hall–Kier alpha value is -3.27. The van der Waals surface area contributed by atoms with E-state index in [-0.39, 0.29) is 28.6 Å². The summed E-state index contributed by atoms with van der Waals surface area (Å²) >= 11 is 0. The van der Waals surface area contributed by atoms with Crippen molar-refractivity contribution in [3.63, 3.8) is 0 Å². The molecule has 2 bridgehead atoms. The summed E-state index contributed by atoms with van der Waals surface area (Å²) in [5.74, 6) is -2.95. The third-order valence-electron chi connectivity index (χ3n) is 5.69. The van der Waals surface area contributed by atoms with Crippen molar-refractivity contribution in [3.05, 3.63) is 53.9 Å². The van der Waals surface area contributed by atoms with Gasteiger partial charge in [-0.05, 0) is 62.4 Å². The Morgan fingerprint density at radius 1 is 1.00 bits per heavy atom. The molecule has 1 aromatic heterocycles. The van der Waals surface area contributed by atoms with E-state index in [1.165, 1.54) is 24.3 Å². The number of nitrogens with one attached hydrogen (secondary N) is 2. The summed E-state index contributed by atoms with van der Waals surface area (Å²) in [6.07, 6.45) is 4.45. The number of hydrogen-bond acceptors (Lipinski definition) is 6. The topological polar surface area (TPSA) is 138 Å². The van der Waals surface area contributed by atoms with Crippen LogP contribution in [-0.2, 0) is 19.6 Å². The van der Waals surface area contributed by atoms with Gasteiger partial charge in [0, 0.05) is 17.1 Å². The Kier molecular flexibility index (Phi) is 5.26. The Labute approximate surface area is 179 Å². The summed E-state index contributed by atoms with van der Waals surface area (Å²) in [6, 6.07) is 7.38. The molecule has 1 heterocycles. The lowest BCUT2D eigenvalue weighted by Gasteiger charge is -2.23. The molecule has 2 aliphatic carbocycles. The van der Waals surface area contributed by atoms with Gasteiger partial charge >= 0.3 is 5.97 Å². The molecule has 9 nitrogen and oxygen atoms in total. The van der Waals surface area contributed by atoms with E-state index in [1.807, 2.05) is 12.2 Å². The number of benzene rings is 1. The zero-order valence-corrected chi connectivity index (χ0v) is 17.8. The summed E-state index contributed by atoms with van der Waals surface area (Å²) < 4.78 is 27.6. The van der Waals surface area contributed by atoms with Crippen molar-refractivity contribution >= 4 is 33.5 Å². The fourth-order valence-corrected chi connectivity index (χ4v) is 5.35. The summed E-state index contributed by atoms with van der Waals surface area (Å²) in [4.78, 5) is 32.5. The largest absolute Gasteiger partial charge is 0.481 e. The molecule has 1 saturated carbocycles. The average molecular weight is 442 g/mol. The van der Waals surface area contributed by atoms with Crippen molar-refractivity contribution < 1.29 is 23.1 Å². The van der Waals surface area contributed by atoms with Crippen molar-refractivity contribution in [2.75, 3.05) is 10.0 Å². The number of rotatable bonds is 6. The van der Waals surface area contributed by atoms with Crippen LogP contribution in [0.5, 0.6) is 0 Å². The normalized spacial score (nSPS) is 24.2. The van der Waals surface area contributed by atoms with E-state index in [1.54, 1.807) is 19.9 Å². The first kappa shape index (κ1) is 21.0. The molecule has 10 heteroatoms. The quantitative estimate of drug-likeness (QED) is 0.584. The van der Waals surface area contributed by atoms with E-state index in [0.29, 0.717) is 23.5 Å². The highest BCUT2D eigenvalue weighted by Gasteiger charge is 2.51. The summed E-state index contributed by atoms with van der Waals surface area (Å²) in [5, 5.41) is 12.2. The maximum absolute atomic E-state index is 12.8. The Balaban J connectivity index is 1.47. The van der Waals surface area contributed by atoms with E-state index < -0.39 is 27.8 Å². The van der Waals surface area contributed by atoms with Gasteiger partial charge in [0.2, 0.25) is 11.9 Å². The van der Waals surface area contributed by atoms with Crippen LogP contribution in [0, 0.1) is 37.5 Å². The SMILES string of the molecule is Cc1cc(C)nc(NS(=O)(=O)c2ccc(NC(=O)C3C4C=CC(C4)C3C(=O)O)cc2)n1. The second-order valence-corrected chi connectivity index (χ2v) is 9.61. The van der Waals surface area contributed by atoms with E-state index in [4.69, 9.17) is 0 Å². The van der Waals surface area contributed by atoms with Crippen LogP contribution in [-0.4, -0.2) is 35.4 Å². The number of carbonyl (C=O) groups excluding carboxylic acids is 1. The molecule has 2 aliphatic rings. The average Bonchev–Trinajstić information content (AvgIpc) is 3.28. The van der Waals surface area contributed by atoms with Crippen LogP contribution in [0.1, 0.15) is 17.8 Å². The zero-order valence-electron chi connectivity index (χ0n) is 16.9. The highest BCUT2D eigenvalue weighted by Crippen LogP contribution is 2.48. The number of aliphatic carboxylic acids is 1. The first-order valence-corrected chi connectivity index (χ1v) is 11.3. The molecule has 1 amide bonds. The summed E-state index contributed by atoms with van der Waals surface area (Å²) in [7, 11) is -3.91. The van der Waals surface area contributed by atoms with Crippen LogP contribution < -0.4 is 10.0 Å². The molecule has 0 aliphatic heterocycles. The van der Waals surface area contributed by atoms with E-state index >= 15 is 0 Å². The summed E-state index contributed by atoms with van der Waals surface area (Å²) in [5.41, 5.74) is 1.67. The molecule has 3 N–H and O–H groups in total. The maximum atomic E-state index is 12.8. The molecular formula is C21H22N4O5S. The van der Waals surface area contributed by atoms with Gasteiger partial charge in [-0.1, -0.05) is 12.2 Å². The molecule has 1 fully saturated rings. The molecule has 0 saturated heterocycles. The van der Waals surface area contributed by atoms with E-state index in [9.17, 15) is 23.1 Å². The number of aromatic nitrogens is 2. The van der Waals surface area contributed by atoms with Crippen LogP contribution in [0.4, 0.5) is 11.6 Å². The van der Waals surface area contributed by atoms with Gasteiger partial charge in [-0.15, -0.1) is 0 Å². The molecule has 0 spiro atoms. The van der Waals surface area contributed by atoms with Crippen molar-refractivity contribution in [1.82, 2.24) is 9.97 Å². The molecule has 0 radical (unpaired) electrons. The standard InChI is InChI=1S/C21H22N4O5S/c1-11-9-12(2)23-21(22-11)25-31(29,30)16-7-5-15(6-8-16)24-19(26)17-13-3-4-14(10-13)18(17)20(27)28/h3-9,13-14,17-18H,10H2,1-2H3,(H,24,26)(H,27,28)(H,22,23,25). The molecular weight excluding hydrogens is 420 g/mol. The molecule has 2 aromatic rings. The van der Waals surface area contributed by atoms with Crippen LogP contribution in [0.25, 0.3) is 0 Å². The third-order valence-corrected chi connectivity index (χ3v) is 7.03. The first-order valence-electron chi connectivity index (χ1n) is 9.81. The zero-order chi connectivity index (χ0) is 22.3. The van der Waals surface area contributed by atoms with Crippen LogP contribution in [0.2, 0.25) is 0 Å². The number of carbonyl (C=O) groups is 2. The molecule has 162 valence electrons. The minimum atomic E-state index is -3.91. The maximum Gasteiger partial charge on any atom is 0.307 e. The molecule has 4 rings (SSSR count). The number of fused-ring (bicyclic) bond motifs is 2. The lowest BCUT2D eigenvalue weighted by Crippen LogP contribution is -2.36. The fraction of sp³-hybridized carbons (Fsp3) is 0.333. The Morgan fingerprint density at radius 3 is 2.16 bits per heavy atom. The number of carboxylic acid groups (broad SMARTS) is 1. The van der Waals surface area contributed by atoms with Crippen LogP contribution >= 0.6 is 0 Å². The van der Waals surface area contributed by atoms with Gasteiger partial charge in [-0.3, -0.25) is 9.59 Å². The van der Waals surface area contributed by atoms with Crippen LogP contribution in [0.15, 0.2) is 47.4 Å². The third kappa shape index (κ3) is 4.15. The van der Waals surface area contributed by atoms with E-state index in [2.05, 4.69) is 20.0 Å². The number of allylic oxidation sites excluding steroid dienone is 2. The summed E-state index contributed by atoms with van der Waals surface area (Å²) in [6.45, 7) is 3.48. The van der Waals surface area contributed by atoms with Gasteiger partial charge in [-0.25, -0.2) is 23.1 Å². The number of anilines is 2. The van der Waals surface area contributed by atoms with E-state index in [0.717, 1.165) is 0 Å². The minimum absolute atomic E-state index is 0.0143. The second kappa shape index (κ2) is 7.77. The number of amides is 1. The van der Waals surface area contributed by atoms with Gasteiger partial charge < -0.3 is 10.4 Å². The molecule has 1 aromatic carbocycles. The minimum Gasteiger partial charge on any atom is -0.481 e. The molecule has 31 heavy (non-hydrogen) atoms. The van der Waals surface area contributed by atoms with Crippen molar-refractivity contribution in [2.45, 2.75) is 25.2 Å². The Morgan fingerprint density at radius 2 is 1.58 bits per heavy atom. The van der Waals surface area contributed by atoms with Gasteiger partial charge in [0.25, 0.3) is 10.0 Å². The van der Waals surface area contributed by atoms with Gasteiger partial charge in [0.05, 0.1) is 16.7 Å². The number of sulfonamides is 1. The fourth-order valence-electron chi connectivity index (χ4n) is 4.41. The van der Waals surface area contributed by atoms with Crippen LogP contribution in [0.3, 0.4) is 0 Å². The predicted octanol–water partition coefficient (Wildman–Crippen LogP) is 2.36. The predicted molar refractivity (Wildman–Crippen MR) is 113 cm³/mol. The lowest BCUT2D eigenvalue weighted by atomic mass is 9.82. The number of nitrogens with zero attached hydrogens (tertiary/aromatic N) is 2. The van der Waals surface area contributed by atoms with Crippen molar-refractivity contribution in [3.8, 4) is 0 Å². The number of aryl methyl sites for hydroxylation is 2. The first-order chi connectivity index (χ1) is 14.6. The highest BCUT2D eigenvalue weighted by molar-refractivity contribution is 7.92. The monoisotopic (exact) mass is 442 g/mol. The van der Waals surface area contributed by atoms with Crippen molar-refractivity contribution in [2.24, 2.45) is 23.7 Å². The molecule has 4 atom stereocenters. The van der Waals surface area contributed by atoms with Gasteiger partial charge in [-0.2, -0.15) is 0 Å². The highest BCUT2D eigenvalue weighted by atomic mass is 32.2. The van der Waals surface area contributed by atoms with Gasteiger partial charge in [0.1, 0.15) is 0 Å². The smallest absolute Gasteiger partial charge is 0.307 e. The second-order valence-electron chi connectivity index (χ2n) is 7.93. The van der Waals surface area contributed by atoms with Gasteiger partial charge in [0.15, 0.2) is 0 Å². The van der Waals surface area contributed by atoms with Crippen molar-refractivity contribution in [1.29, 1.82) is 0 Å². The molecule has 4 unspecified atom stereocenters. The number of carboxylic acids is 1. The lowest BCUT2D eigenvalue weighted by molar-refractivity contribution is -0.146. The Bertz CT molecular complexity index is 1160. The number of hydrogen-bond donors (Lipinski definition) is 3.